The van der Waals surface area contributed by atoms with Crippen LogP contribution in [0.2, 0.25) is 10.0 Å². The molecule has 0 bridgehead atoms. The van der Waals surface area contributed by atoms with Gasteiger partial charge in [-0.2, -0.15) is 0 Å². The lowest BCUT2D eigenvalue weighted by atomic mass is 10.2. The maximum absolute atomic E-state index is 6.13. The van der Waals surface area contributed by atoms with Crippen LogP contribution in [0.3, 0.4) is 0 Å². The Bertz CT molecular complexity index is 942. The van der Waals surface area contributed by atoms with E-state index in [0.29, 0.717) is 34.7 Å². The Balaban J connectivity index is 1.72. The average molecular weight is 436 g/mol. The minimum Gasteiger partial charge on any atom is -0.496 e. The average Bonchev–Trinajstić information content (AvgIpc) is 3.09. The molecule has 28 heavy (non-hydrogen) atoms. The highest BCUT2D eigenvalue weighted by Crippen LogP contribution is 2.33. The standard InChI is InChI=1S/C20H19Cl2N3O2S/c1-3-11-25-19(14-7-4-5-10-17(14)26-2)23-24-20(25)28-13-12-27-18-15(21)8-6-9-16(18)22/h3-10H,1,11-13H2,2H3. The lowest BCUT2D eigenvalue weighted by Crippen LogP contribution is -2.05. The summed E-state index contributed by atoms with van der Waals surface area (Å²) in [5.41, 5.74) is 0.880. The molecule has 0 atom stereocenters. The van der Waals surface area contributed by atoms with E-state index in [2.05, 4.69) is 16.8 Å². The highest BCUT2D eigenvalue weighted by Gasteiger charge is 2.16. The van der Waals surface area contributed by atoms with Gasteiger partial charge >= 0.3 is 0 Å². The van der Waals surface area contributed by atoms with Gasteiger partial charge in [0.1, 0.15) is 5.75 Å². The maximum atomic E-state index is 6.13. The third-order valence-corrected chi connectivity index (χ3v) is 5.38. The van der Waals surface area contributed by atoms with E-state index in [0.717, 1.165) is 22.3 Å². The molecule has 2 aromatic carbocycles. The van der Waals surface area contributed by atoms with E-state index in [1.807, 2.05) is 34.9 Å². The quantitative estimate of drug-likeness (QED) is 0.248. The summed E-state index contributed by atoms with van der Waals surface area (Å²) in [4.78, 5) is 0. The highest BCUT2D eigenvalue weighted by molar-refractivity contribution is 7.99. The normalized spacial score (nSPS) is 10.7. The number of para-hydroxylation sites is 2. The van der Waals surface area contributed by atoms with E-state index in [9.17, 15) is 0 Å². The number of halogens is 2. The lowest BCUT2D eigenvalue weighted by molar-refractivity contribution is 0.344. The first-order valence-corrected chi connectivity index (χ1v) is 10.3. The number of hydrogen-bond donors (Lipinski definition) is 0. The predicted octanol–water partition coefficient (Wildman–Crippen LogP) is 5.62. The van der Waals surface area contributed by atoms with E-state index >= 15 is 0 Å². The molecule has 0 saturated heterocycles. The van der Waals surface area contributed by atoms with E-state index in [1.54, 1.807) is 25.3 Å². The minimum absolute atomic E-state index is 0.430. The molecule has 0 aliphatic rings. The van der Waals surface area contributed by atoms with Crippen LogP contribution in [-0.4, -0.2) is 34.2 Å². The summed E-state index contributed by atoms with van der Waals surface area (Å²) in [7, 11) is 1.64. The van der Waals surface area contributed by atoms with Gasteiger partial charge in [0, 0.05) is 12.3 Å². The van der Waals surface area contributed by atoms with Gasteiger partial charge in [-0.05, 0) is 24.3 Å². The summed E-state index contributed by atoms with van der Waals surface area (Å²) in [5, 5.41) is 10.4. The summed E-state index contributed by atoms with van der Waals surface area (Å²) >= 11 is 13.8. The summed E-state index contributed by atoms with van der Waals surface area (Å²) in [5.74, 6) is 2.63. The zero-order valence-electron chi connectivity index (χ0n) is 15.3. The van der Waals surface area contributed by atoms with Crippen LogP contribution in [0.1, 0.15) is 0 Å². The molecule has 0 N–H and O–H groups in total. The molecule has 0 aliphatic carbocycles. The molecule has 1 aromatic heterocycles. The number of aromatic nitrogens is 3. The molecule has 146 valence electrons. The molecule has 0 amide bonds. The third-order valence-electron chi connectivity index (χ3n) is 3.86. The van der Waals surface area contributed by atoms with Crippen molar-refractivity contribution in [3.63, 3.8) is 0 Å². The summed E-state index contributed by atoms with van der Waals surface area (Å²) < 4.78 is 13.2. The van der Waals surface area contributed by atoms with Crippen LogP contribution in [0.4, 0.5) is 0 Å². The van der Waals surface area contributed by atoms with Gasteiger partial charge in [0.2, 0.25) is 0 Å². The number of allylic oxidation sites excluding steroid dienone is 1. The minimum atomic E-state index is 0.430. The molecule has 1 heterocycles. The van der Waals surface area contributed by atoms with Crippen molar-refractivity contribution in [1.82, 2.24) is 14.8 Å². The van der Waals surface area contributed by atoms with Gasteiger partial charge in [0.15, 0.2) is 16.7 Å². The van der Waals surface area contributed by atoms with Crippen LogP contribution in [0, 0.1) is 0 Å². The SMILES string of the molecule is C=CCn1c(SCCOc2c(Cl)cccc2Cl)nnc1-c1ccccc1OC. The van der Waals surface area contributed by atoms with Crippen molar-refractivity contribution < 1.29 is 9.47 Å². The van der Waals surface area contributed by atoms with Crippen molar-refractivity contribution in [3.05, 3.63) is 65.2 Å². The van der Waals surface area contributed by atoms with Crippen molar-refractivity contribution in [3.8, 4) is 22.9 Å². The van der Waals surface area contributed by atoms with E-state index in [-0.39, 0.29) is 0 Å². The summed E-state index contributed by atoms with van der Waals surface area (Å²) in [6, 6.07) is 13.0. The van der Waals surface area contributed by atoms with Gasteiger partial charge in [0.05, 0.1) is 29.3 Å². The Morgan fingerprint density at radius 1 is 1.11 bits per heavy atom. The molecule has 3 rings (SSSR count). The van der Waals surface area contributed by atoms with E-state index in [4.69, 9.17) is 32.7 Å². The monoisotopic (exact) mass is 435 g/mol. The fourth-order valence-corrected chi connectivity index (χ4v) is 3.89. The van der Waals surface area contributed by atoms with Gasteiger partial charge in [-0.1, -0.05) is 59.2 Å². The third kappa shape index (κ3) is 4.63. The number of hydrogen-bond acceptors (Lipinski definition) is 5. The van der Waals surface area contributed by atoms with Gasteiger partial charge in [-0.15, -0.1) is 16.8 Å². The number of thioether (sulfide) groups is 1. The first-order valence-electron chi connectivity index (χ1n) is 8.52. The smallest absolute Gasteiger partial charge is 0.191 e. The Labute approximate surface area is 178 Å². The lowest BCUT2D eigenvalue weighted by Gasteiger charge is -2.11. The second-order valence-corrected chi connectivity index (χ2v) is 7.53. The van der Waals surface area contributed by atoms with Crippen LogP contribution >= 0.6 is 35.0 Å². The van der Waals surface area contributed by atoms with Crippen LogP contribution in [0.5, 0.6) is 11.5 Å². The fraction of sp³-hybridized carbons (Fsp3) is 0.200. The molecule has 0 radical (unpaired) electrons. The molecule has 0 unspecified atom stereocenters. The Kier molecular flexibility index (Phi) is 7.25. The molecule has 8 heteroatoms. The van der Waals surface area contributed by atoms with Gasteiger partial charge in [-0.3, -0.25) is 4.57 Å². The summed E-state index contributed by atoms with van der Waals surface area (Å²) in [6.07, 6.45) is 1.81. The highest BCUT2D eigenvalue weighted by atomic mass is 35.5. The van der Waals surface area contributed by atoms with Gasteiger partial charge in [0.25, 0.3) is 0 Å². The van der Waals surface area contributed by atoms with Crippen molar-refractivity contribution >= 4 is 35.0 Å². The van der Waals surface area contributed by atoms with Crippen LogP contribution in [0.15, 0.2) is 60.3 Å². The number of methoxy groups -OCH3 is 1. The molecule has 0 spiro atoms. The number of rotatable bonds is 9. The van der Waals surface area contributed by atoms with Crippen LogP contribution in [-0.2, 0) is 6.54 Å². The Hall–Kier alpha value is -2.15. The predicted molar refractivity (Wildman–Crippen MR) is 115 cm³/mol. The molecule has 0 aliphatic heterocycles. The van der Waals surface area contributed by atoms with Crippen molar-refractivity contribution in [2.24, 2.45) is 0 Å². The van der Waals surface area contributed by atoms with Gasteiger partial charge < -0.3 is 9.47 Å². The fourth-order valence-electron chi connectivity index (χ4n) is 2.61. The molecule has 5 nitrogen and oxygen atoms in total. The number of benzene rings is 2. The molecule has 0 fully saturated rings. The zero-order valence-corrected chi connectivity index (χ0v) is 17.6. The Morgan fingerprint density at radius 2 is 1.86 bits per heavy atom. The molecular formula is C20H19Cl2N3O2S. The largest absolute Gasteiger partial charge is 0.496 e. The number of nitrogens with zero attached hydrogens (tertiary/aromatic N) is 3. The van der Waals surface area contributed by atoms with E-state index in [1.165, 1.54) is 11.8 Å². The molecular weight excluding hydrogens is 417 g/mol. The van der Waals surface area contributed by atoms with Crippen molar-refractivity contribution in [1.29, 1.82) is 0 Å². The first-order chi connectivity index (χ1) is 13.7. The summed E-state index contributed by atoms with van der Waals surface area (Å²) in [6.45, 7) is 4.85. The molecule has 0 saturated carbocycles. The van der Waals surface area contributed by atoms with Gasteiger partial charge in [-0.25, -0.2) is 0 Å². The topological polar surface area (TPSA) is 49.2 Å². The zero-order chi connectivity index (χ0) is 19.9. The molecule has 3 aromatic rings. The Morgan fingerprint density at radius 3 is 2.57 bits per heavy atom. The van der Waals surface area contributed by atoms with Crippen LogP contribution < -0.4 is 9.47 Å². The second kappa shape index (κ2) is 9.87. The first kappa shape index (κ1) is 20.6. The van der Waals surface area contributed by atoms with Crippen molar-refractivity contribution in [2.45, 2.75) is 11.7 Å². The maximum Gasteiger partial charge on any atom is 0.191 e. The number of ether oxygens (including phenoxy) is 2. The second-order valence-electron chi connectivity index (χ2n) is 5.65. The van der Waals surface area contributed by atoms with E-state index < -0.39 is 0 Å². The van der Waals surface area contributed by atoms with Crippen molar-refractivity contribution in [2.75, 3.05) is 19.5 Å². The van der Waals surface area contributed by atoms with Crippen LogP contribution in [0.25, 0.3) is 11.4 Å².